The summed E-state index contributed by atoms with van der Waals surface area (Å²) in [5.41, 5.74) is 0.685. The number of amides is 1. The Kier molecular flexibility index (Phi) is 4.62. The van der Waals surface area contributed by atoms with E-state index in [9.17, 15) is 18.0 Å². The van der Waals surface area contributed by atoms with Gasteiger partial charge in [-0.25, -0.2) is 0 Å². The minimum atomic E-state index is -4.40. The Hall–Kier alpha value is -3.16. The maximum absolute atomic E-state index is 12.8. The van der Waals surface area contributed by atoms with Crippen molar-refractivity contribution in [2.45, 2.75) is 31.5 Å². The molecule has 5 nitrogen and oxygen atoms in total. The van der Waals surface area contributed by atoms with Crippen LogP contribution in [0.15, 0.2) is 53.1 Å². The van der Waals surface area contributed by atoms with Gasteiger partial charge in [0.1, 0.15) is 0 Å². The standard InChI is InChI=1S/C20H16F3N3O2/c21-20(22,23)14-9-7-12(8-10-14)15-3-1-2-4-16(15)18(27)24-11-17-25-19(28-26-17)13-5-6-13/h1-4,7-10,13H,5-6,11H2,(H,24,27). The first-order valence-electron chi connectivity index (χ1n) is 8.79. The van der Waals surface area contributed by atoms with Gasteiger partial charge in [0.15, 0.2) is 5.82 Å². The second kappa shape index (κ2) is 7.10. The summed E-state index contributed by atoms with van der Waals surface area (Å²) in [6.45, 7) is 0.108. The molecule has 1 N–H and O–H groups in total. The Bertz CT molecular complexity index is 992. The molecule has 0 bridgehead atoms. The topological polar surface area (TPSA) is 68.0 Å². The van der Waals surface area contributed by atoms with Crippen LogP contribution in [0, 0.1) is 0 Å². The summed E-state index contributed by atoms with van der Waals surface area (Å²) < 4.78 is 43.4. The minimum Gasteiger partial charge on any atom is -0.345 e. The molecule has 0 spiro atoms. The predicted molar refractivity (Wildman–Crippen MR) is 94.3 cm³/mol. The third kappa shape index (κ3) is 3.90. The van der Waals surface area contributed by atoms with E-state index >= 15 is 0 Å². The molecule has 1 amide bonds. The minimum absolute atomic E-state index is 0.108. The number of hydrogen-bond donors (Lipinski definition) is 1. The molecule has 0 radical (unpaired) electrons. The summed E-state index contributed by atoms with van der Waals surface area (Å²) in [6.07, 6.45) is -2.33. The lowest BCUT2D eigenvalue weighted by atomic mass is 9.98. The van der Waals surface area contributed by atoms with Gasteiger partial charge in [-0.15, -0.1) is 0 Å². The summed E-state index contributed by atoms with van der Waals surface area (Å²) in [7, 11) is 0. The summed E-state index contributed by atoms with van der Waals surface area (Å²) in [5, 5.41) is 6.58. The van der Waals surface area contributed by atoms with Crippen LogP contribution in [0.5, 0.6) is 0 Å². The fourth-order valence-corrected chi connectivity index (χ4v) is 2.86. The Labute approximate surface area is 158 Å². The molecule has 0 atom stereocenters. The number of benzene rings is 2. The molecule has 2 aromatic carbocycles. The number of carbonyl (C=O) groups is 1. The third-order valence-electron chi connectivity index (χ3n) is 4.51. The number of hydrogen-bond acceptors (Lipinski definition) is 4. The van der Waals surface area contributed by atoms with Crippen molar-refractivity contribution in [1.82, 2.24) is 15.5 Å². The van der Waals surface area contributed by atoms with E-state index < -0.39 is 11.7 Å². The van der Waals surface area contributed by atoms with Gasteiger partial charge in [0.25, 0.3) is 5.91 Å². The van der Waals surface area contributed by atoms with Gasteiger partial charge in [0.2, 0.25) is 5.89 Å². The second-order valence-electron chi connectivity index (χ2n) is 6.63. The lowest BCUT2D eigenvalue weighted by Crippen LogP contribution is -2.24. The third-order valence-corrected chi connectivity index (χ3v) is 4.51. The highest BCUT2D eigenvalue weighted by Gasteiger charge is 2.30. The highest BCUT2D eigenvalue weighted by Crippen LogP contribution is 2.38. The van der Waals surface area contributed by atoms with Crippen molar-refractivity contribution < 1.29 is 22.5 Å². The van der Waals surface area contributed by atoms with Crippen molar-refractivity contribution in [2.24, 2.45) is 0 Å². The molecule has 1 aliphatic carbocycles. The first-order chi connectivity index (χ1) is 13.4. The fraction of sp³-hybridized carbons (Fsp3) is 0.250. The number of alkyl halides is 3. The summed E-state index contributed by atoms with van der Waals surface area (Å²) in [6, 6.07) is 11.5. The molecule has 0 saturated heterocycles. The predicted octanol–water partition coefficient (Wildman–Crippen LogP) is 4.56. The van der Waals surface area contributed by atoms with Crippen molar-refractivity contribution in [3.05, 3.63) is 71.4 Å². The maximum Gasteiger partial charge on any atom is 0.416 e. The van der Waals surface area contributed by atoms with Crippen molar-refractivity contribution in [3.8, 4) is 11.1 Å². The van der Waals surface area contributed by atoms with Gasteiger partial charge in [-0.2, -0.15) is 18.2 Å². The van der Waals surface area contributed by atoms with Gasteiger partial charge < -0.3 is 9.84 Å². The Morgan fingerprint density at radius 2 is 1.82 bits per heavy atom. The van der Waals surface area contributed by atoms with E-state index in [1.807, 2.05) is 0 Å². The SMILES string of the molecule is O=C(NCc1noc(C2CC2)n1)c1ccccc1-c1ccc(C(F)(F)F)cc1. The second-order valence-corrected chi connectivity index (χ2v) is 6.63. The van der Waals surface area contributed by atoms with Crippen LogP contribution in [0.25, 0.3) is 11.1 Å². The van der Waals surface area contributed by atoms with Crippen LogP contribution >= 0.6 is 0 Å². The average molecular weight is 387 g/mol. The molecule has 1 aliphatic rings. The number of nitrogens with one attached hydrogen (secondary N) is 1. The van der Waals surface area contributed by atoms with E-state index in [-0.39, 0.29) is 12.5 Å². The molecule has 1 fully saturated rings. The molecule has 1 heterocycles. The van der Waals surface area contributed by atoms with E-state index in [0.717, 1.165) is 25.0 Å². The number of carbonyl (C=O) groups excluding carboxylic acids is 1. The van der Waals surface area contributed by atoms with Crippen LogP contribution in [-0.2, 0) is 12.7 Å². The van der Waals surface area contributed by atoms with E-state index in [0.29, 0.717) is 34.3 Å². The quantitative estimate of drug-likeness (QED) is 0.697. The first-order valence-corrected chi connectivity index (χ1v) is 8.79. The highest BCUT2D eigenvalue weighted by molar-refractivity contribution is 6.00. The van der Waals surface area contributed by atoms with Crippen molar-refractivity contribution in [3.63, 3.8) is 0 Å². The highest BCUT2D eigenvalue weighted by atomic mass is 19.4. The zero-order valence-corrected chi connectivity index (χ0v) is 14.7. The van der Waals surface area contributed by atoms with Crippen molar-refractivity contribution in [1.29, 1.82) is 0 Å². The Balaban J connectivity index is 1.50. The Morgan fingerprint density at radius 1 is 1.11 bits per heavy atom. The van der Waals surface area contributed by atoms with Crippen LogP contribution in [0.4, 0.5) is 13.2 Å². The monoisotopic (exact) mass is 387 g/mol. The molecular formula is C20H16F3N3O2. The Morgan fingerprint density at radius 3 is 2.50 bits per heavy atom. The van der Waals surface area contributed by atoms with E-state index in [2.05, 4.69) is 15.5 Å². The van der Waals surface area contributed by atoms with Crippen LogP contribution in [0.2, 0.25) is 0 Å². The zero-order valence-electron chi connectivity index (χ0n) is 14.7. The molecule has 0 aliphatic heterocycles. The van der Waals surface area contributed by atoms with E-state index in [4.69, 9.17) is 4.52 Å². The lowest BCUT2D eigenvalue weighted by molar-refractivity contribution is -0.137. The lowest BCUT2D eigenvalue weighted by Gasteiger charge is -2.11. The van der Waals surface area contributed by atoms with Crippen LogP contribution in [0.3, 0.4) is 0 Å². The van der Waals surface area contributed by atoms with Gasteiger partial charge in [-0.05, 0) is 42.2 Å². The van der Waals surface area contributed by atoms with Crippen molar-refractivity contribution in [2.75, 3.05) is 0 Å². The largest absolute Gasteiger partial charge is 0.416 e. The fourth-order valence-electron chi connectivity index (χ4n) is 2.86. The average Bonchev–Trinajstić information content (AvgIpc) is 3.44. The number of rotatable bonds is 5. The molecule has 1 saturated carbocycles. The van der Waals surface area contributed by atoms with E-state index in [1.165, 1.54) is 12.1 Å². The summed E-state index contributed by atoms with van der Waals surface area (Å²) >= 11 is 0. The number of nitrogens with zero attached hydrogens (tertiary/aromatic N) is 2. The molecule has 0 unspecified atom stereocenters. The normalized spacial score (nSPS) is 14.1. The molecule has 1 aromatic heterocycles. The van der Waals surface area contributed by atoms with Crippen LogP contribution in [-0.4, -0.2) is 16.0 Å². The van der Waals surface area contributed by atoms with Gasteiger partial charge in [-0.3, -0.25) is 4.79 Å². The summed E-state index contributed by atoms with van der Waals surface area (Å²) in [5.74, 6) is 0.947. The van der Waals surface area contributed by atoms with Crippen molar-refractivity contribution >= 4 is 5.91 Å². The molecule has 28 heavy (non-hydrogen) atoms. The zero-order chi connectivity index (χ0) is 19.7. The number of halogens is 3. The first kappa shape index (κ1) is 18.2. The molecular weight excluding hydrogens is 371 g/mol. The smallest absolute Gasteiger partial charge is 0.345 e. The van der Waals surface area contributed by atoms with E-state index in [1.54, 1.807) is 24.3 Å². The van der Waals surface area contributed by atoms with Crippen LogP contribution in [0.1, 0.15) is 46.4 Å². The summed E-state index contributed by atoms with van der Waals surface area (Å²) in [4.78, 5) is 16.9. The molecule has 4 rings (SSSR count). The van der Waals surface area contributed by atoms with Gasteiger partial charge in [0, 0.05) is 11.5 Å². The van der Waals surface area contributed by atoms with Crippen LogP contribution < -0.4 is 5.32 Å². The maximum atomic E-state index is 12.8. The van der Waals surface area contributed by atoms with Gasteiger partial charge >= 0.3 is 6.18 Å². The number of aromatic nitrogens is 2. The molecule has 3 aromatic rings. The van der Waals surface area contributed by atoms with Gasteiger partial charge in [-0.1, -0.05) is 35.5 Å². The molecule has 8 heteroatoms. The molecule has 144 valence electrons. The van der Waals surface area contributed by atoms with Gasteiger partial charge in [0.05, 0.1) is 12.1 Å².